The molecule has 2 atom stereocenters. The van der Waals surface area contributed by atoms with Crippen LogP contribution in [0.1, 0.15) is 28.6 Å². The number of hydrogen-bond donors (Lipinski definition) is 2. The molecule has 1 saturated heterocycles. The van der Waals surface area contributed by atoms with Crippen molar-refractivity contribution in [3.63, 3.8) is 0 Å². The second kappa shape index (κ2) is 5.66. The largest absolute Gasteiger partial charge is 0.397 e. The monoisotopic (exact) mass is 304 g/mol. The first-order valence-electron chi connectivity index (χ1n) is 7.24. The molecule has 0 saturated carbocycles. The number of hydrogen-bond acceptors (Lipinski definition) is 4. The zero-order valence-electron chi connectivity index (χ0n) is 12.3. The van der Waals surface area contributed by atoms with E-state index in [1.54, 1.807) is 0 Å². The van der Waals surface area contributed by atoms with Gasteiger partial charge in [0.05, 0.1) is 11.8 Å². The van der Waals surface area contributed by atoms with Gasteiger partial charge >= 0.3 is 0 Å². The van der Waals surface area contributed by atoms with Gasteiger partial charge in [-0.15, -0.1) is 11.3 Å². The quantitative estimate of drug-likeness (QED) is 0.916. The van der Waals surface area contributed by atoms with Crippen molar-refractivity contribution >= 4 is 33.0 Å². The van der Waals surface area contributed by atoms with Crippen molar-refractivity contribution in [2.24, 2.45) is 5.92 Å². The molecular weight excluding hydrogens is 284 g/mol. The molecule has 1 aliphatic rings. The Morgan fingerprint density at radius 2 is 2.33 bits per heavy atom. The van der Waals surface area contributed by atoms with Crippen molar-refractivity contribution in [1.82, 2.24) is 5.32 Å². The number of benzene rings is 1. The van der Waals surface area contributed by atoms with Crippen molar-refractivity contribution in [3.05, 3.63) is 28.6 Å². The van der Waals surface area contributed by atoms with Gasteiger partial charge in [-0.05, 0) is 31.9 Å². The molecule has 0 bridgehead atoms. The van der Waals surface area contributed by atoms with Crippen molar-refractivity contribution in [3.8, 4) is 0 Å². The Morgan fingerprint density at radius 1 is 1.52 bits per heavy atom. The number of carbonyl (C=O) groups excluding carboxylic acids is 1. The van der Waals surface area contributed by atoms with Crippen LogP contribution >= 0.6 is 11.3 Å². The number of ether oxygens (including phenoxy) is 1. The first-order chi connectivity index (χ1) is 10.1. The van der Waals surface area contributed by atoms with E-state index >= 15 is 0 Å². The molecule has 3 N–H and O–H groups in total. The predicted molar refractivity (Wildman–Crippen MR) is 86.8 cm³/mol. The van der Waals surface area contributed by atoms with Crippen LogP contribution in [0, 0.1) is 12.8 Å². The summed E-state index contributed by atoms with van der Waals surface area (Å²) >= 11 is 1.46. The van der Waals surface area contributed by atoms with Gasteiger partial charge in [0.25, 0.3) is 5.91 Å². The number of amides is 1. The number of nitrogens with one attached hydrogen (secondary N) is 1. The maximum atomic E-state index is 12.4. The molecule has 1 amide bonds. The van der Waals surface area contributed by atoms with Gasteiger partial charge in [-0.2, -0.15) is 0 Å². The first-order valence-corrected chi connectivity index (χ1v) is 8.06. The molecule has 2 aromatic rings. The minimum absolute atomic E-state index is 0.0783. The van der Waals surface area contributed by atoms with Crippen molar-refractivity contribution < 1.29 is 9.53 Å². The predicted octanol–water partition coefficient (Wildman–Crippen LogP) is 2.95. The van der Waals surface area contributed by atoms with Gasteiger partial charge in [-0.25, -0.2) is 0 Å². The molecule has 2 heterocycles. The Balaban J connectivity index is 1.76. The van der Waals surface area contributed by atoms with Crippen LogP contribution in [-0.2, 0) is 4.74 Å². The summed E-state index contributed by atoms with van der Waals surface area (Å²) in [5, 5.41) is 3.97. The average molecular weight is 304 g/mol. The van der Waals surface area contributed by atoms with E-state index in [0.29, 0.717) is 23.0 Å². The summed E-state index contributed by atoms with van der Waals surface area (Å²) in [6.07, 6.45) is 1.22. The lowest BCUT2D eigenvalue weighted by atomic mass is 10.0. The van der Waals surface area contributed by atoms with Crippen LogP contribution in [0.25, 0.3) is 10.1 Å². The second-order valence-corrected chi connectivity index (χ2v) is 6.73. The molecule has 112 valence electrons. The molecule has 4 nitrogen and oxygen atoms in total. The Morgan fingerprint density at radius 3 is 3.05 bits per heavy atom. The lowest BCUT2D eigenvalue weighted by Gasteiger charge is -2.14. The van der Waals surface area contributed by atoms with Crippen molar-refractivity contribution in [2.75, 3.05) is 18.9 Å². The molecular formula is C16H20N2O2S. The molecule has 5 heteroatoms. The fourth-order valence-electron chi connectivity index (χ4n) is 2.74. The van der Waals surface area contributed by atoms with Crippen LogP contribution in [0.5, 0.6) is 0 Å². The van der Waals surface area contributed by atoms with Gasteiger partial charge in [0.1, 0.15) is 4.88 Å². The molecule has 1 aromatic carbocycles. The average Bonchev–Trinajstić information content (AvgIpc) is 3.00. The molecule has 2 unspecified atom stereocenters. The van der Waals surface area contributed by atoms with Gasteiger partial charge < -0.3 is 15.8 Å². The highest BCUT2D eigenvalue weighted by Gasteiger charge is 2.25. The summed E-state index contributed by atoms with van der Waals surface area (Å²) in [5.74, 6) is 0.317. The Hall–Kier alpha value is -1.59. The summed E-state index contributed by atoms with van der Waals surface area (Å²) in [7, 11) is 0. The first kappa shape index (κ1) is 14.4. The zero-order chi connectivity index (χ0) is 15.0. The van der Waals surface area contributed by atoms with E-state index in [1.165, 1.54) is 16.9 Å². The molecule has 0 radical (unpaired) electrons. The minimum atomic E-state index is -0.0783. The second-order valence-electron chi connectivity index (χ2n) is 5.68. The topological polar surface area (TPSA) is 64.4 Å². The van der Waals surface area contributed by atoms with E-state index in [2.05, 4.69) is 18.3 Å². The summed E-state index contributed by atoms with van der Waals surface area (Å²) < 4.78 is 6.58. The normalized spacial score (nSPS) is 21.8. The smallest absolute Gasteiger partial charge is 0.263 e. The standard InChI is InChI=1S/C16H20N2O2S/c1-9-3-4-12-13(7-9)21-15(14(12)17)16(19)18-8-11-5-6-20-10(11)2/h3-4,7,10-11H,5-6,8,17H2,1-2H3,(H,18,19). The zero-order valence-corrected chi connectivity index (χ0v) is 13.1. The molecule has 1 fully saturated rings. The van der Waals surface area contributed by atoms with Gasteiger partial charge in [0.15, 0.2) is 0 Å². The van der Waals surface area contributed by atoms with Crippen molar-refractivity contribution in [2.45, 2.75) is 26.4 Å². The molecule has 21 heavy (non-hydrogen) atoms. The van der Waals surface area contributed by atoms with Crippen LogP contribution in [0.2, 0.25) is 0 Å². The molecule has 1 aromatic heterocycles. The number of carbonyl (C=O) groups is 1. The van der Waals surface area contributed by atoms with Gasteiger partial charge in [-0.3, -0.25) is 4.79 Å². The lowest BCUT2D eigenvalue weighted by molar-refractivity contribution is 0.0911. The van der Waals surface area contributed by atoms with Crippen LogP contribution in [-0.4, -0.2) is 25.2 Å². The van der Waals surface area contributed by atoms with Crippen LogP contribution in [0.4, 0.5) is 5.69 Å². The lowest BCUT2D eigenvalue weighted by Crippen LogP contribution is -2.31. The van der Waals surface area contributed by atoms with E-state index in [4.69, 9.17) is 10.5 Å². The number of nitrogen functional groups attached to an aromatic ring is 1. The van der Waals surface area contributed by atoms with E-state index in [9.17, 15) is 4.79 Å². The Labute approximate surface area is 128 Å². The summed E-state index contributed by atoms with van der Waals surface area (Å²) in [6.45, 7) is 5.52. The van der Waals surface area contributed by atoms with E-state index < -0.39 is 0 Å². The number of nitrogens with two attached hydrogens (primary N) is 1. The summed E-state index contributed by atoms with van der Waals surface area (Å²) in [4.78, 5) is 13.0. The number of aryl methyl sites for hydroxylation is 1. The number of anilines is 1. The number of rotatable bonds is 3. The Bertz CT molecular complexity index is 680. The minimum Gasteiger partial charge on any atom is -0.397 e. The highest BCUT2D eigenvalue weighted by Crippen LogP contribution is 2.34. The van der Waals surface area contributed by atoms with E-state index in [-0.39, 0.29) is 12.0 Å². The maximum absolute atomic E-state index is 12.4. The molecule has 1 aliphatic heterocycles. The van der Waals surface area contributed by atoms with Crippen LogP contribution in [0.15, 0.2) is 18.2 Å². The number of fused-ring (bicyclic) bond motifs is 1. The molecule has 0 spiro atoms. The highest BCUT2D eigenvalue weighted by atomic mass is 32.1. The fraction of sp³-hybridized carbons (Fsp3) is 0.438. The molecule has 3 rings (SSSR count). The number of thiophene rings is 1. The highest BCUT2D eigenvalue weighted by molar-refractivity contribution is 7.21. The Kier molecular flexibility index (Phi) is 3.87. The van der Waals surface area contributed by atoms with E-state index in [1.807, 2.05) is 19.1 Å². The SMILES string of the molecule is Cc1ccc2c(N)c(C(=O)NCC3CCOC3C)sc2c1. The third-order valence-corrected chi connectivity index (χ3v) is 5.32. The summed E-state index contributed by atoms with van der Waals surface area (Å²) in [5.41, 5.74) is 7.89. The maximum Gasteiger partial charge on any atom is 0.263 e. The van der Waals surface area contributed by atoms with Gasteiger partial charge in [-0.1, -0.05) is 12.1 Å². The third-order valence-electron chi connectivity index (χ3n) is 4.15. The fourth-order valence-corrected chi connectivity index (χ4v) is 3.88. The van der Waals surface area contributed by atoms with Gasteiger partial charge in [0, 0.05) is 29.2 Å². The third kappa shape index (κ3) is 2.76. The van der Waals surface area contributed by atoms with Gasteiger partial charge in [0.2, 0.25) is 0 Å². The van der Waals surface area contributed by atoms with Crippen LogP contribution in [0.3, 0.4) is 0 Å². The molecule has 0 aliphatic carbocycles. The summed E-state index contributed by atoms with van der Waals surface area (Å²) in [6, 6.07) is 6.07. The van der Waals surface area contributed by atoms with E-state index in [0.717, 1.165) is 23.1 Å². The van der Waals surface area contributed by atoms with Crippen molar-refractivity contribution in [1.29, 1.82) is 0 Å². The van der Waals surface area contributed by atoms with Crippen LogP contribution < -0.4 is 11.1 Å².